The number of piperazine rings is 1. The molecule has 6 nitrogen and oxygen atoms in total. The largest absolute Gasteiger partial charge is 0.459 e. The van der Waals surface area contributed by atoms with Gasteiger partial charge in [-0.3, -0.25) is 9.59 Å². The van der Waals surface area contributed by atoms with Crippen molar-refractivity contribution in [2.24, 2.45) is 0 Å². The van der Waals surface area contributed by atoms with Crippen LogP contribution in [-0.4, -0.2) is 47.8 Å². The lowest BCUT2D eigenvalue weighted by Gasteiger charge is -2.34. The minimum Gasteiger partial charge on any atom is -0.459 e. The summed E-state index contributed by atoms with van der Waals surface area (Å²) in [6.07, 6.45) is 2.56. The molecule has 0 bridgehead atoms. The molecule has 128 valence electrons. The standard InChI is InChI=1S/C19H19N3O3/c20-14-16-5-3-15(4-6-16)7-8-18(23)21-9-11-22(12-10-21)19(24)17-2-1-13-25-17/h1-6,13H,7-12H2. The molecule has 0 atom stereocenters. The van der Waals surface area contributed by atoms with Crippen molar-refractivity contribution in [1.82, 2.24) is 9.80 Å². The van der Waals surface area contributed by atoms with Gasteiger partial charge >= 0.3 is 0 Å². The molecule has 1 aliphatic rings. The fourth-order valence-corrected chi connectivity index (χ4v) is 2.87. The molecule has 6 heteroatoms. The van der Waals surface area contributed by atoms with E-state index in [9.17, 15) is 9.59 Å². The Hall–Kier alpha value is -3.07. The van der Waals surface area contributed by atoms with E-state index < -0.39 is 0 Å². The predicted molar refractivity (Wildman–Crippen MR) is 90.7 cm³/mol. The molecule has 0 radical (unpaired) electrons. The fourth-order valence-electron chi connectivity index (χ4n) is 2.87. The van der Waals surface area contributed by atoms with E-state index in [1.807, 2.05) is 12.1 Å². The maximum atomic E-state index is 12.4. The summed E-state index contributed by atoms with van der Waals surface area (Å²) in [6.45, 7) is 2.11. The number of furan rings is 1. The summed E-state index contributed by atoms with van der Waals surface area (Å²) in [6, 6.07) is 12.7. The van der Waals surface area contributed by atoms with Gasteiger partial charge in [0.1, 0.15) is 0 Å². The van der Waals surface area contributed by atoms with Gasteiger partial charge in [0.05, 0.1) is 17.9 Å². The highest BCUT2D eigenvalue weighted by atomic mass is 16.3. The second kappa shape index (κ2) is 7.67. The maximum absolute atomic E-state index is 12.4. The summed E-state index contributed by atoms with van der Waals surface area (Å²) in [4.78, 5) is 28.1. The number of nitrogens with zero attached hydrogens (tertiary/aromatic N) is 3. The number of amides is 2. The predicted octanol–water partition coefficient (Wildman–Crippen LogP) is 2.07. The zero-order chi connectivity index (χ0) is 17.6. The Kier molecular flexibility index (Phi) is 5.14. The fraction of sp³-hybridized carbons (Fsp3) is 0.316. The van der Waals surface area contributed by atoms with Gasteiger partial charge in [0.25, 0.3) is 5.91 Å². The second-order valence-electron chi connectivity index (χ2n) is 5.96. The van der Waals surface area contributed by atoms with Crippen molar-refractivity contribution >= 4 is 11.8 Å². The Bertz CT molecular complexity index is 767. The number of nitriles is 1. The molecule has 1 fully saturated rings. The van der Waals surface area contributed by atoms with E-state index >= 15 is 0 Å². The van der Waals surface area contributed by atoms with E-state index in [0.29, 0.717) is 50.3 Å². The lowest BCUT2D eigenvalue weighted by Crippen LogP contribution is -2.50. The molecule has 3 rings (SSSR count). The summed E-state index contributed by atoms with van der Waals surface area (Å²) in [7, 11) is 0. The van der Waals surface area contributed by atoms with Crippen LogP contribution in [0.4, 0.5) is 0 Å². The highest BCUT2D eigenvalue weighted by molar-refractivity contribution is 5.91. The lowest BCUT2D eigenvalue weighted by atomic mass is 10.1. The van der Waals surface area contributed by atoms with Gasteiger partial charge < -0.3 is 14.2 Å². The minimum absolute atomic E-state index is 0.0921. The molecule has 0 saturated carbocycles. The SMILES string of the molecule is N#Cc1ccc(CCC(=O)N2CCN(C(=O)c3ccco3)CC2)cc1. The third kappa shape index (κ3) is 4.07. The first kappa shape index (κ1) is 16.8. The number of hydrogen-bond acceptors (Lipinski definition) is 4. The number of hydrogen-bond donors (Lipinski definition) is 0. The van der Waals surface area contributed by atoms with Crippen LogP contribution in [0.2, 0.25) is 0 Å². The third-order valence-electron chi connectivity index (χ3n) is 4.36. The molecule has 2 heterocycles. The van der Waals surface area contributed by atoms with Crippen LogP contribution in [0.25, 0.3) is 0 Å². The molecule has 0 unspecified atom stereocenters. The Labute approximate surface area is 146 Å². The second-order valence-corrected chi connectivity index (χ2v) is 5.96. The molecule has 2 aromatic rings. The van der Waals surface area contributed by atoms with Crippen molar-refractivity contribution in [2.45, 2.75) is 12.8 Å². The highest BCUT2D eigenvalue weighted by Crippen LogP contribution is 2.12. The van der Waals surface area contributed by atoms with E-state index in [2.05, 4.69) is 6.07 Å². The molecular weight excluding hydrogens is 318 g/mol. The Morgan fingerprint density at radius 2 is 1.72 bits per heavy atom. The van der Waals surface area contributed by atoms with Gasteiger partial charge in [-0.2, -0.15) is 5.26 Å². The van der Waals surface area contributed by atoms with E-state index in [1.165, 1.54) is 6.26 Å². The van der Waals surface area contributed by atoms with Crippen molar-refractivity contribution in [1.29, 1.82) is 5.26 Å². The monoisotopic (exact) mass is 337 g/mol. The van der Waals surface area contributed by atoms with Gasteiger partial charge in [0.15, 0.2) is 5.76 Å². The van der Waals surface area contributed by atoms with Crippen LogP contribution >= 0.6 is 0 Å². The molecule has 25 heavy (non-hydrogen) atoms. The summed E-state index contributed by atoms with van der Waals surface area (Å²) < 4.78 is 5.13. The Morgan fingerprint density at radius 3 is 2.32 bits per heavy atom. The average molecular weight is 337 g/mol. The van der Waals surface area contributed by atoms with Gasteiger partial charge in [-0.25, -0.2) is 0 Å². The molecule has 0 spiro atoms. The molecule has 1 aliphatic heterocycles. The van der Waals surface area contributed by atoms with Crippen LogP contribution in [0.15, 0.2) is 47.1 Å². The third-order valence-corrected chi connectivity index (χ3v) is 4.36. The van der Waals surface area contributed by atoms with Crippen molar-refractivity contribution in [3.8, 4) is 6.07 Å². The van der Waals surface area contributed by atoms with Gasteiger partial charge in [0.2, 0.25) is 5.91 Å². The summed E-state index contributed by atoms with van der Waals surface area (Å²) in [5.41, 5.74) is 1.66. The van der Waals surface area contributed by atoms with Gasteiger partial charge in [-0.05, 0) is 36.2 Å². The first-order valence-corrected chi connectivity index (χ1v) is 8.27. The van der Waals surface area contributed by atoms with Crippen molar-refractivity contribution in [3.05, 3.63) is 59.5 Å². The van der Waals surface area contributed by atoms with Crippen LogP contribution in [-0.2, 0) is 11.2 Å². The highest BCUT2D eigenvalue weighted by Gasteiger charge is 2.25. The Morgan fingerprint density at radius 1 is 1.04 bits per heavy atom. The van der Waals surface area contributed by atoms with Crippen LogP contribution in [0.3, 0.4) is 0 Å². The van der Waals surface area contributed by atoms with E-state index in [1.54, 1.807) is 34.1 Å². The Balaban J connectivity index is 1.46. The quantitative estimate of drug-likeness (QED) is 0.856. The van der Waals surface area contributed by atoms with E-state index in [0.717, 1.165) is 5.56 Å². The number of carbonyl (C=O) groups is 2. The molecular formula is C19H19N3O3. The zero-order valence-corrected chi connectivity index (χ0v) is 13.9. The first-order valence-electron chi connectivity index (χ1n) is 8.27. The van der Waals surface area contributed by atoms with Crippen molar-refractivity contribution < 1.29 is 14.0 Å². The summed E-state index contributed by atoms with van der Waals surface area (Å²) in [5.74, 6) is 0.296. The first-order chi connectivity index (χ1) is 12.2. The lowest BCUT2D eigenvalue weighted by molar-refractivity contribution is -0.132. The van der Waals surface area contributed by atoms with Crippen LogP contribution in [0.1, 0.15) is 28.1 Å². The van der Waals surface area contributed by atoms with Crippen LogP contribution in [0, 0.1) is 11.3 Å². The number of benzene rings is 1. The van der Waals surface area contributed by atoms with Crippen LogP contribution < -0.4 is 0 Å². The topological polar surface area (TPSA) is 77.5 Å². The zero-order valence-electron chi connectivity index (χ0n) is 13.9. The number of aryl methyl sites for hydroxylation is 1. The van der Waals surface area contributed by atoms with Crippen molar-refractivity contribution in [3.63, 3.8) is 0 Å². The van der Waals surface area contributed by atoms with E-state index in [4.69, 9.17) is 9.68 Å². The molecule has 1 aromatic carbocycles. The number of rotatable bonds is 4. The smallest absolute Gasteiger partial charge is 0.289 e. The summed E-state index contributed by atoms with van der Waals surface area (Å²) in [5, 5.41) is 8.79. The van der Waals surface area contributed by atoms with E-state index in [-0.39, 0.29) is 11.8 Å². The van der Waals surface area contributed by atoms with Gasteiger partial charge in [-0.15, -0.1) is 0 Å². The van der Waals surface area contributed by atoms with Gasteiger partial charge in [-0.1, -0.05) is 12.1 Å². The molecule has 2 amide bonds. The van der Waals surface area contributed by atoms with Gasteiger partial charge in [0, 0.05) is 32.6 Å². The molecule has 0 aliphatic carbocycles. The average Bonchev–Trinajstić information content (AvgIpc) is 3.21. The minimum atomic E-state index is -0.130. The summed E-state index contributed by atoms with van der Waals surface area (Å²) >= 11 is 0. The number of carbonyl (C=O) groups excluding carboxylic acids is 2. The maximum Gasteiger partial charge on any atom is 0.289 e. The van der Waals surface area contributed by atoms with Crippen molar-refractivity contribution in [2.75, 3.05) is 26.2 Å². The van der Waals surface area contributed by atoms with Crippen LogP contribution in [0.5, 0.6) is 0 Å². The normalized spacial score (nSPS) is 14.2. The molecule has 1 saturated heterocycles. The molecule has 0 N–H and O–H groups in total. The molecule has 1 aromatic heterocycles.